The molecule has 146 valence electrons. The summed E-state index contributed by atoms with van der Waals surface area (Å²) in [5.41, 5.74) is 3.90. The highest BCUT2D eigenvalue weighted by Gasteiger charge is 2.25. The second kappa shape index (κ2) is 7.00. The molecule has 0 N–H and O–H groups in total. The molecule has 1 aliphatic rings. The second-order valence-corrected chi connectivity index (χ2v) is 8.87. The van der Waals surface area contributed by atoms with Gasteiger partial charge < -0.3 is 9.30 Å². The van der Waals surface area contributed by atoms with Crippen LogP contribution in [0.4, 0.5) is 5.82 Å². The lowest BCUT2D eigenvalue weighted by Crippen LogP contribution is -2.30. The number of anilines is 1. The molecule has 0 atom stereocenters. The van der Waals surface area contributed by atoms with Crippen molar-refractivity contribution in [2.24, 2.45) is 5.41 Å². The Labute approximate surface area is 165 Å². The van der Waals surface area contributed by atoms with Crippen LogP contribution in [0.5, 0.6) is 0 Å². The number of ketones is 1. The van der Waals surface area contributed by atoms with Crippen LogP contribution in [0.2, 0.25) is 0 Å². The van der Waals surface area contributed by atoms with Crippen LogP contribution in [0.1, 0.15) is 44.9 Å². The Kier molecular flexibility index (Phi) is 4.65. The SMILES string of the molecule is CN(CC(=O)CC(C)(C)C)c1nc(-c2cn3ccccc3n2)nc2c1CCC2. The van der Waals surface area contributed by atoms with Gasteiger partial charge in [0.25, 0.3) is 0 Å². The lowest BCUT2D eigenvalue weighted by atomic mass is 9.90. The fourth-order valence-electron chi connectivity index (χ4n) is 3.87. The molecule has 4 rings (SSSR count). The number of aryl methyl sites for hydroxylation is 1. The number of nitrogens with zero attached hydrogens (tertiary/aromatic N) is 5. The van der Waals surface area contributed by atoms with E-state index in [9.17, 15) is 4.79 Å². The fraction of sp³-hybridized carbons (Fsp3) is 0.455. The number of carbonyl (C=O) groups excluding carboxylic acids is 1. The summed E-state index contributed by atoms with van der Waals surface area (Å²) in [6.07, 6.45) is 7.49. The molecule has 0 aliphatic heterocycles. The van der Waals surface area contributed by atoms with Crippen LogP contribution in [-0.4, -0.2) is 38.7 Å². The normalized spacial score (nSPS) is 13.7. The van der Waals surface area contributed by atoms with Gasteiger partial charge in [-0.2, -0.15) is 0 Å². The number of likely N-dealkylation sites (N-methyl/N-ethyl adjacent to an activating group) is 1. The summed E-state index contributed by atoms with van der Waals surface area (Å²) in [6.45, 7) is 6.64. The summed E-state index contributed by atoms with van der Waals surface area (Å²) in [5.74, 6) is 1.74. The van der Waals surface area contributed by atoms with Gasteiger partial charge in [-0.3, -0.25) is 4.79 Å². The number of aromatic nitrogens is 4. The third kappa shape index (κ3) is 3.77. The Morgan fingerprint density at radius 1 is 1.18 bits per heavy atom. The van der Waals surface area contributed by atoms with Crippen molar-refractivity contribution in [2.75, 3.05) is 18.5 Å². The molecule has 3 aromatic heterocycles. The number of hydrogen-bond acceptors (Lipinski definition) is 5. The third-order valence-electron chi connectivity index (χ3n) is 5.01. The molecule has 0 saturated carbocycles. The molecule has 28 heavy (non-hydrogen) atoms. The van der Waals surface area contributed by atoms with E-state index in [1.165, 1.54) is 5.56 Å². The van der Waals surface area contributed by atoms with Crippen molar-refractivity contribution in [3.63, 3.8) is 0 Å². The van der Waals surface area contributed by atoms with Gasteiger partial charge in [-0.05, 0) is 36.8 Å². The quantitative estimate of drug-likeness (QED) is 0.678. The van der Waals surface area contributed by atoms with Gasteiger partial charge in [0, 0.05) is 37.1 Å². The van der Waals surface area contributed by atoms with E-state index in [1.54, 1.807) is 0 Å². The first-order valence-corrected chi connectivity index (χ1v) is 9.87. The molecule has 3 aromatic rings. The second-order valence-electron chi connectivity index (χ2n) is 8.87. The summed E-state index contributed by atoms with van der Waals surface area (Å²) in [6, 6.07) is 5.91. The molecular formula is C22H27N5O. The lowest BCUT2D eigenvalue weighted by molar-refractivity contribution is -0.119. The zero-order chi connectivity index (χ0) is 19.9. The number of pyridine rings is 1. The maximum absolute atomic E-state index is 12.5. The van der Waals surface area contributed by atoms with Crippen LogP contribution in [-0.2, 0) is 17.6 Å². The van der Waals surface area contributed by atoms with Gasteiger partial charge >= 0.3 is 0 Å². The third-order valence-corrected chi connectivity index (χ3v) is 5.01. The first-order valence-electron chi connectivity index (χ1n) is 9.87. The summed E-state index contributed by atoms with van der Waals surface area (Å²) < 4.78 is 1.97. The van der Waals surface area contributed by atoms with Crippen LogP contribution in [0.15, 0.2) is 30.6 Å². The van der Waals surface area contributed by atoms with Gasteiger partial charge in [0.1, 0.15) is 17.2 Å². The van der Waals surface area contributed by atoms with Gasteiger partial charge in [0.15, 0.2) is 11.6 Å². The Bertz CT molecular complexity index is 998. The van der Waals surface area contributed by atoms with Crippen molar-refractivity contribution >= 4 is 17.2 Å². The zero-order valence-corrected chi connectivity index (χ0v) is 17.1. The van der Waals surface area contributed by atoms with Crippen molar-refractivity contribution in [3.8, 4) is 11.5 Å². The molecule has 0 fully saturated rings. The molecule has 0 radical (unpaired) electrons. The molecule has 3 heterocycles. The molecule has 0 saturated heterocycles. The number of carbonyl (C=O) groups is 1. The van der Waals surface area contributed by atoms with Crippen LogP contribution in [0, 0.1) is 5.41 Å². The summed E-state index contributed by atoms with van der Waals surface area (Å²) in [7, 11) is 1.95. The predicted octanol–water partition coefficient (Wildman–Crippen LogP) is 3.72. The number of hydrogen-bond donors (Lipinski definition) is 0. The first-order chi connectivity index (χ1) is 13.3. The standard InChI is InChI=1S/C22H27N5O/c1-22(2,3)12-15(28)13-26(4)21-16-8-7-9-17(16)24-20(25-21)18-14-27-11-6-5-10-19(27)23-18/h5-6,10-11,14H,7-9,12-13H2,1-4H3. The first kappa shape index (κ1) is 18.6. The van der Waals surface area contributed by atoms with Gasteiger partial charge in [-0.15, -0.1) is 0 Å². The van der Waals surface area contributed by atoms with Crippen molar-refractivity contribution in [2.45, 2.75) is 46.5 Å². The molecule has 1 aliphatic carbocycles. The molecule has 0 unspecified atom stereocenters. The van der Waals surface area contributed by atoms with Crippen LogP contribution in [0.25, 0.3) is 17.2 Å². The summed E-state index contributed by atoms with van der Waals surface area (Å²) in [4.78, 5) is 28.8. The van der Waals surface area contributed by atoms with Crippen molar-refractivity contribution in [1.82, 2.24) is 19.4 Å². The van der Waals surface area contributed by atoms with Gasteiger partial charge in [-0.25, -0.2) is 15.0 Å². The minimum absolute atomic E-state index is 0.00670. The Hall–Kier alpha value is -2.76. The number of rotatable bonds is 5. The maximum atomic E-state index is 12.5. The van der Waals surface area contributed by atoms with Crippen molar-refractivity contribution in [1.29, 1.82) is 0 Å². The van der Waals surface area contributed by atoms with Crippen molar-refractivity contribution in [3.05, 3.63) is 41.9 Å². The Morgan fingerprint density at radius 3 is 2.75 bits per heavy atom. The highest BCUT2D eigenvalue weighted by Crippen LogP contribution is 2.31. The van der Waals surface area contributed by atoms with Gasteiger partial charge in [-0.1, -0.05) is 26.8 Å². The Morgan fingerprint density at radius 2 is 2.00 bits per heavy atom. The molecule has 0 aromatic carbocycles. The molecule has 0 amide bonds. The molecular weight excluding hydrogens is 350 g/mol. The minimum Gasteiger partial charge on any atom is -0.352 e. The number of imidazole rings is 1. The largest absolute Gasteiger partial charge is 0.352 e. The average Bonchev–Trinajstić information content (AvgIpc) is 3.25. The monoisotopic (exact) mass is 377 g/mol. The summed E-state index contributed by atoms with van der Waals surface area (Å²) in [5, 5.41) is 0. The van der Waals surface area contributed by atoms with E-state index in [0.717, 1.165) is 42.1 Å². The zero-order valence-electron chi connectivity index (χ0n) is 17.1. The Balaban J connectivity index is 1.68. The van der Waals surface area contributed by atoms with Crippen LogP contribution < -0.4 is 4.90 Å². The van der Waals surface area contributed by atoms with Gasteiger partial charge in [0.05, 0.1) is 6.54 Å². The van der Waals surface area contributed by atoms with E-state index in [0.29, 0.717) is 18.8 Å². The van der Waals surface area contributed by atoms with Gasteiger partial charge in [0.2, 0.25) is 0 Å². The van der Waals surface area contributed by atoms with E-state index < -0.39 is 0 Å². The van der Waals surface area contributed by atoms with Crippen LogP contribution in [0.3, 0.4) is 0 Å². The minimum atomic E-state index is -0.00670. The maximum Gasteiger partial charge on any atom is 0.182 e. The summed E-state index contributed by atoms with van der Waals surface area (Å²) >= 11 is 0. The number of Topliss-reactive ketones (excluding diaryl/α,β-unsaturated/α-hetero) is 1. The lowest BCUT2D eigenvalue weighted by Gasteiger charge is -2.23. The van der Waals surface area contributed by atoms with E-state index in [4.69, 9.17) is 9.97 Å². The highest BCUT2D eigenvalue weighted by atomic mass is 16.1. The molecule has 0 bridgehead atoms. The average molecular weight is 377 g/mol. The van der Waals surface area contributed by atoms with Crippen LogP contribution >= 0.6 is 0 Å². The van der Waals surface area contributed by atoms with E-state index in [1.807, 2.05) is 46.9 Å². The van der Waals surface area contributed by atoms with E-state index in [2.05, 4.69) is 25.8 Å². The highest BCUT2D eigenvalue weighted by molar-refractivity contribution is 5.84. The predicted molar refractivity (Wildman–Crippen MR) is 111 cm³/mol. The number of fused-ring (bicyclic) bond motifs is 2. The van der Waals surface area contributed by atoms with E-state index in [-0.39, 0.29) is 11.2 Å². The molecule has 6 nitrogen and oxygen atoms in total. The topological polar surface area (TPSA) is 63.4 Å². The van der Waals surface area contributed by atoms with Crippen molar-refractivity contribution < 1.29 is 4.79 Å². The smallest absolute Gasteiger partial charge is 0.182 e. The molecule has 6 heteroatoms. The fourth-order valence-corrected chi connectivity index (χ4v) is 3.87. The van der Waals surface area contributed by atoms with E-state index >= 15 is 0 Å². The molecule has 0 spiro atoms.